The number of rotatable bonds is 5. The van der Waals surface area contributed by atoms with Crippen molar-refractivity contribution in [3.8, 4) is 22.3 Å². The maximum Gasteiger partial charge on any atom is 0.305 e. The first-order valence-corrected chi connectivity index (χ1v) is 20.6. The van der Waals surface area contributed by atoms with Crippen molar-refractivity contribution in [2.24, 2.45) is 5.92 Å². The van der Waals surface area contributed by atoms with E-state index in [2.05, 4.69) is 77.5 Å². The van der Waals surface area contributed by atoms with Crippen molar-refractivity contribution < 1.29 is 9.53 Å². The first kappa shape index (κ1) is 25.4. The molecule has 0 aliphatic heterocycles. The van der Waals surface area contributed by atoms with Crippen LogP contribution in [0.2, 0.25) is 0 Å². The number of hydrogen-bond donors (Lipinski definition) is 0. The number of benzene rings is 8. The lowest BCUT2D eigenvalue weighted by Gasteiger charge is -2.42. The van der Waals surface area contributed by atoms with Gasteiger partial charge in [0, 0.05) is 50.5 Å². The second-order valence-corrected chi connectivity index (χ2v) is 19.0. The van der Waals surface area contributed by atoms with Gasteiger partial charge in [-0.3, -0.25) is 4.79 Å². The van der Waals surface area contributed by atoms with Crippen molar-refractivity contribution in [3.63, 3.8) is 0 Å². The highest BCUT2D eigenvalue weighted by atomic mass is 32.1. The summed E-state index contributed by atoms with van der Waals surface area (Å²) in [4.78, 5) is 14.5. The first-order valence-electron chi connectivity index (χ1n) is 19.8. The molecule has 0 radical (unpaired) electrons. The third-order valence-electron chi connectivity index (χ3n) is 17.2. The minimum Gasteiger partial charge on any atom is -0.469 e. The van der Waals surface area contributed by atoms with Crippen LogP contribution in [-0.2, 0) is 32.2 Å². The van der Waals surface area contributed by atoms with E-state index in [1.807, 2.05) is 11.3 Å². The monoisotopic (exact) mass is 700 g/mol. The SMILES string of the molecule is COC(=O)CCCC1(c2cccs2)C23c4c5c6c7ccc8cc9c%10c%11c(cc%12ccc%13c%14c(c2c(c4c%10c86)c%11c%12%14)C2C%13=C=C=C4c6ccc-7c-5c6C13C42)C9. The molecule has 1 aromatic heterocycles. The molecule has 5 atom stereocenters. The van der Waals surface area contributed by atoms with Gasteiger partial charge in [-0.05, 0) is 162 Å². The van der Waals surface area contributed by atoms with Gasteiger partial charge in [-0.15, -0.1) is 11.3 Å². The number of carbonyl (C=O) groups is 1. The predicted molar refractivity (Wildman–Crippen MR) is 215 cm³/mol. The third kappa shape index (κ3) is 1.81. The zero-order valence-corrected chi connectivity index (χ0v) is 29.9. The summed E-state index contributed by atoms with van der Waals surface area (Å²) in [6.07, 6.45) is 3.21. The molecule has 2 nitrogen and oxygen atoms in total. The Balaban J connectivity index is 1.22. The maximum atomic E-state index is 13.0. The zero-order chi connectivity index (χ0) is 34.3. The molecule has 18 rings (SSSR count). The molecular formula is C51H24O2S. The Bertz CT molecular complexity index is 3770. The number of hydrogen-bond acceptors (Lipinski definition) is 3. The molecule has 9 aromatic rings. The van der Waals surface area contributed by atoms with Crippen molar-refractivity contribution in [2.75, 3.05) is 7.11 Å². The molecule has 0 saturated heterocycles. The summed E-state index contributed by atoms with van der Waals surface area (Å²) >= 11 is 1.97. The highest BCUT2D eigenvalue weighted by Gasteiger charge is 2.97. The Morgan fingerprint density at radius 1 is 0.741 bits per heavy atom. The second-order valence-electron chi connectivity index (χ2n) is 18.0. The topological polar surface area (TPSA) is 26.3 Å². The van der Waals surface area contributed by atoms with Crippen LogP contribution in [0.25, 0.3) is 98.0 Å². The van der Waals surface area contributed by atoms with E-state index in [9.17, 15) is 4.79 Å². The number of ether oxygens (including phenoxy) is 1. The first-order chi connectivity index (χ1) is 26.7. The largest absolute Gasteiger partial charge is 0.469 e. The van der Waals surface area contributed by atoms with Crippen LogP contribution in [0.3, 0.4) is 0 Å². The number of thiophene rings is 1. The van der Waals surface area contributed by atoms with Gasteiger partial charge >= 0.3 is 5.97 Å². The molecular weight excluding hydrogens is 677 g/mol. The van der Waals surface area contributed by atoms with Crippen LogP contribution in [0.5, 0.6) is 0 Å². The van der Waals surface area contributed by atoms with Gasteiger partial charge in [0.05, 0.1) is 7.11 Å². The van der Waals surface area contributed by atoms with Crippen LogP contribution >= 0.6 is 11.3 Å². The summed E-state index contributed by atoms with van der Waals surface area (Å²) in [7, 11) is 1.54. The van der Waals surface area contributed by atoms with E-state index in [-0.39, 0.29) is 34.1 Å². The fourth-order valence-corrected chi connectivity index (χ4v) is 17.6. The predicted octanol–water partition coefficient (Wildman–Crippen LogP) is 11.5. The van der Waals surface area contributed by atoms with Crippen molar-refractivity contribution in [1.29, 1.82) is 0 Å². The van der Waals surface area contributed by atoms with Crippen molar-refractivity contribution in [1.82, 2.24) is 0 Å². The van der Waals surface area contributed by atoms with Gasteiger partial charge in [0.25, 0.3) is 0 Å². The van der Waals surface area contributed by atoms with Crippen molar-refractivity contribution >= 4 is 93.1 Å². The molecule has 3 heteroatoms. The molecule has 5 unspecified atom stereocenters. The van der Waals surface area contributed by atoms with Gasteiger partial charge in [-0.2, -0.15) is 0 Å². The van der Waals surface area contributed by atoms with Gasteiger partial charge in [0.1, 0.15) is 0 Å². The van der Waals surface area contributed by atoms with Crippen LogP contribution in [0, 0.1) is 5.92 Å². The van der Waals surface area contributed by atoms with E-state index >= 15 is 0 Å². The number of carbonyl (C=O) groups excluding carboxylic acids is 1. The number of fused-ring (bicyclic) bond motifs is 3. The number of allylic oxidation sites excluding steroid dienone is 2. The second kappa shape index (κ2) is 6.89. The number of methoxy groups -OCH3 is 1. The van der Waals surface area contributed by atoms with E-state index < -0.39 is 0 Å². The van der Waals surface area contributed by atoms with E-state index in [4.69, 9.17) is 4.74 Å². The standard InChI is InChI=1S/C51H24O2S/c1-53-30(52)5-2-14-49(29-4-3-15-54-29)50-45-27-12-10-25-23-8-6-19-16-21-18-22-17-20-7-9-24-26-11-13-28(27)46(50)38(26)42-36(24)32(20)40-34(22)33(21)39-31(19)35(23)41(37(25)45)47-43(39)44(40)48(42)51(47,49)50/h3-4,6-10,12,15-17,38,46H,2,5,14,18H2,1H3. The molecule has 246 valence electrons. The maximum absolute atomic E-state index is 13.0. The van der Waals surface area contributed by atoms with Gasteiger partial charge < -0.3 is 4.74 Å². The van der Waals surface area contributed by atoms with Crippen molar-refractivity contribution in [2.45, 2.75) is 47.8 Å². The fourth-order valence-electron chi connectivity index (χ4n) is 16.5. The zero-order valence-electron chi connectivity index (χ0n) is 29.1. The summed E-state index contributed by atoms with van der Waals surface area (Å²) in [5.41, 5.74) is 28.3. The Morgan fingerprint density at radius 3 is 2.28 bits per heavy atom. The summed E-state index contributed by atoms with van der Waals surface area (Å²) in [5, 5.41) is 20.5. The van der Waals surface area contributed by atoms with E-state index in [1.165, 1.54) is 98.1 Å². The molecule has 1 saturated carbocycles. The van der Waals surface area contributed by atoms with Crippen LogP contribution < -0.4 is 0 Å². The molecule has 8 aromatic carbocycles. The highest BCUT2D eigenvalue weighted by molar-refractivity contribution is 7.10. The fraction of sp³-hybridized carbons (Fsp3) is 0.196. The van der Waals surface area contributed by atoms with Crippen molar-refractivity contribution in [3.05, 3.63) is 127 Å². The lowest BCUT2D eigenvalue weighted by Crippen LogP contribution is -2.38. The van der Waals surface area contributed by atoms with E-state index in [1.54, 1.807) is 56.5 Å². The smallest absolute Gasteiger partial charge is 0.305 e. The van der Waals surface area contributed by atoms with E-state index in [0.717, 1.165) is 19.3 Å². The quantitative estimate of drug-likeness (QED) is 0.0773. The molecule has 9 aliphatic carbocycles. The molecule has 0 N–H and O–H groups in total. The summed E-state index contributed by atoms with van der Waals surface area (Å²) in [6.45, 7) is 0. The lowest BCUT2D eigenvalue weighted by molar-refractivity contribution is -0.140. The molecule has 1 heterocycles. The Labute approximate surface area is 311 Å². The minimum absolute atomic E-state index is 0.0999. The minimum atomic E-state index is -0.239. The average Bonchev–Trinajstić information content (AvgIpc) is 3.94. The molecule has 0 amide bonds. The number of esters is 1. The third-order valence-corrected chi connectivity index (χ3v) is 18.2. The molecule has 54 heavy (non-hydrogen) atoms. The van der Waals surface area contributed by atoms with Crippen LogP contribution in [0.4, 0.5) is 0 Å². The Morgan fingerprint density at radius 2 is 1.48 bits per heavy atom. The summed E-state index contributed by atoms with van der Waals surface area (Å²) in [6, 6.07) is 24.7. The normalized spacial score (nSPS) is 28.1. The summed E-state index contributed by atoms with van der Waals surface area (Å²) < 4.78 is 5.32. The molecule has 0 bridgehead atoms. The molecule has 1 fully saturated rings. The molecule has 9 aliphatic rings. The highest BCUT2D eigenvalue weighted by Crippen LogP contribution is 2.98. The van der Waals surface area contributed by atoms with Gasteiger partial charge in [0.2, 0.25) is 0 Å². The average molecular weight is 701 g/mol. The van der Waals surface area contributed by atoms with Gasteiger partial charge in [-0.1, -0.05) is 66.1 Å². The summed E-state index contributed by atoms with van der Waals surface area (Å²) in [5.74, 6) is 0.407. The van der Waals surface area contributed by atoms with Gasteiger partial charge in [0.15, 0.2) is 0 Å². The van der Waals surface area contributed by atoms with Crippen LogP contribution in [-0.4, -0.2) is 13.1 Å². The van der Waals surface area contributed by atoms with E-state index in [0.29, 0.717) is 6.42 Å². The van der Waals surface area contributed by atoms with Crippen LogP contribution in [0.15, 0.2) is 77.5 Å². The lowest BCUT2D eigenvalue weighted by atomic mass is 9.59. The van der Waals surface area contributed by atoms with Crippen LogP contribution in [0.1, 0.15) is 74.6 Å². The van der Waals surface area contributed by atoms with Gasteiger partial charge in [-0.25, -0.2) is 0 Å². The Kier molecular flexibility index (Phi) is 3.24. The Hall–Kier alpha value is -5.69. The molecule has 2 spiro atoms.